The number of nitrogens with one attached hydrogen (secondary N) is 2. The molecule has 0 bridgehead atoms. The topological polar surface area (TPSA) is 48.9 Å². The number of ether oxygens (including phenoxy) is 1. The highest BCUT2D eigenvalue weighted by Crippen LogP contribution is 2.40. The molecule has 1 aliphatic carbocycles. The fourth-order valence-corrected chi connectivity index (χ4v) is 3.69. The molecule has 1 rings (SSSR count). The first-order chi connectivity index (χ1) is 10.8. The first-order valence-corrected chi connectivity index (χ1v) is 8.91. The molecule has 6 heteroatoms. The van der Waals surface area contributed by atoms with Crippen molar-refractivity contribution in [2.75, 3.05) is 54.5 Å². The Morgan fingerprint density at radius 2 is 1.83 bits per heavy atom. The molecule has 144 valence electrons. The number of rotatable bonds is 9. The Hall–Kier alpha value is -0.0800. The Bertz CT molecular complexity index is 366. The van der Waals surface area contributed by atoms with Crippen molar-refractivity contribution in [1.29, 1.82) is 0 Å². The second kappa shape index (κ2) is 11.5. The number of nitrogens with zero attached hydrogens (tertiary/aromatic N) is 2. The zero-order chi connectivity index (χ0) is 17.3. The molecule has 5 nitrogen and oxygen atoms in total. The van der Waals surface area contributed by atoms with Crippen LogP contribution >= 0.6 is 24.0 Å². The first kappa shape index (κ1) is 23.9. The van der Waals surface area contributed by atoms with E-state index in [1.54, 1.807) is 7.11 Å². The molecule has 24 heavy (non-hydrogen) atoms. The van der Waals surface area contributed by atoms with E-state index in [0.717, 1.165) is 38.6 Å². The van der Waals surface area contributed by atoms with Crippen LogP contribution in [0, 0.1) is 10.8 Å². The summed E-state index contributed by atoms with van der Waals surface area (Å²) >= 11 is 0. The lowest BCUT2D eigenvalue weighted by atomic mass is 9.83. The minimum Gasteiger partial charge on any atom is -0.385 e. The van der Waals surface area contributed by atoms with Crippen LogP contribution in [0.25, 0.3) is 0 Å². The lowest BCUT2D eigenvalue weighted by Gasteiger charge is -2.32. The molecule has 2 N–H and O–H groups in total. The van der Waals surface area contributed by atoms with Gasteiger partial charge in [-0.25, -0.2) is 0 Å². The molecule has 0 heterocycles. The smallest absolute Gasteiger partial charge is 0.191 e. The van der Waals surface area contributed by atoms with Crippen LogP contribution in [0.2, 0.25) is 0 Å². The van der Waals surface area contributed by atoms with Gasteiger partial charge in [-0.2, -0.15) is 0 Å². The average molecular weight is 454 g/mol. The van der Waals surface area contributed by atoms with Crippen molar-refractivity contribution in [3.63, 3.8) is 0 Å². The number of guanidine groups is 1. The molecule has 0 radical (unpaired) electrons. The quantitative estimate of drug-likeness (QED) is 0.320. The summed E-state index contributed by atoms with van der Waals surface area (Å²) in [6, 6.07) is 0. The maximum absolute atomic E-state index is 5.31. The first-order valence-electron chi connectivity index (χ1n) is 8.91. The lowest BCUT2D eigenvalue weighted by Crippen LogP contribution is -2.47. The molecular weight excluding hydrogens is 415 g/mol. The summed E-state index contributed by atoms with van der Waals surface area (Å²) in [6.07, 6.45) is 6.42. The van der Waals surface area contributed by atoms with E-state index in [4.69, 9.17) is 4.74 Å². The third kappa shape index (κ3) is 8.85. The minimum absolute atomic E-state index is 0. The summed E-state index contributed by atoms with van der Waals surface area (Å²) in [5, 5.41) is 7.05. The van der Waals surface area contributed by atoms with Crippen molar-refractivity contribution in [2.24, 2.45) is 15.8 Å². The van der Waals surface area contributed by atoms with Crippen LogP contribution in [0.4, 0.5) is 0 Å². The Morgan fingerprint density at radius 1 is 1.21 bits per heavy atom. The van der Waals surface area contributed by atoms with E-state index in [0.29, 0.717) is 5.41 Å². The van der Waals surface area contributed by atoms with Gasteiger partial charge in [0, 0.05) is 40.4 Å². The SMILES string of the molecule is CN=C(NCC(C)(C)CN(C)C)NCC1(CCOC)CCCC1.I. The summed E-state index contributed by atoms with van der Waals surface area (Å²) in [4.78, 5) is 6.62. The standard InChI is InChI=1S/C18H38N4O.HI/c1-17(2,15-22(4)5)13-20-16(19-3)21-14-18(11-12-23-6)9-7-8-10-18;/h7-15H2,1-6H3,(H2,19,20,21);1H. The number of halogens is 1. The van der Waals surface area contributed by atoms with Gasteiger partial charge < -0.3 is 20.3 Å². The molecular formula is C18H39IN4O. The van der Waals surface area contributed by atoms with E-state index in [9.17, 15) is 0 Å². The zero-order valence-corrected chi connectivity index (χ0v) is 18.9. The Labute approximate surface area is 166 Å². The van der Waals surface area contributed by atoms with Crippen molar-refractivity contribution in [3.8, 4) is 0 Å². The lowest BCUT2D eigenvalue weighted by molar-refractivity contribution is 0.138. The third-order valence-electron chi connectivity index (χ3n) is 4.83. The number of aliphatic imine (C=N–C) groups is 1. The van der Waals surface area contributed by atoms with E-state index >= 15 is 0 Å². The van der Waals surface area contributed by atoms with Gasteiger partial charge in [-0.05, 0) is 44.2 Å². The number of hydrogen-bond acceptors (Lipinski definition) is 3. The van der Waals surface area contributed by atoms with Crippen LogP contribution in [-0.4, -0.2) is 65.4 Å². The van der Waals surface area contributed by atoms with Gasteiger partial charge in [-0.3, -0.25) is 4.99 Å². The fourth-order valence-electron chi connectivity index (χ4n) is 3.69. The molecule has 0 atom stereocenters. The monoisotopic (exact) mass is 454 g/mol. The maximum atomic E-state index is 5.31. The van der Waals surface area contributed by atoms with E-state index in [2.05, 4.69) is 48.5 Å². The van der Waals surface area contributed by atoms with Crippen LogP contribution in [-0.2, 0) is 4.74 Å². The van der Waals surface area contributed by atoms with Crippen molar-refractivity contribution in [3.05, 3.63) is 0 Å². The van der Waals surface area contributed by atoms with Gasteiger partial charge in [0.05, 0.1) is 0 Å². The molecule has 1 fully saturated rings. The van der Waals surface area contributed by atoms with Gasteiger partial charge >= 0.3 is 0 Å². The van der Waals surface area contributed by atoms with Gasteiger partial charge in [0.15, 0.2) is 5.96 Å². The largest absolute Gasteiger partial charge is 0.385 e. The van der Waals surface area contributed by atoms with E-state index in [-0.39, 0.29) is 29.4 Å². The average Bonchev–Trinajstić information content (AvgIpc) is 2.93. The highest BCUT2D eigenvalue weighted by Gasteiger charge is 2.33. The normalized spacial score (nSPS) is 17.7. The van der Waals surface area contributed by atoms with Crippen molar-refractivity contribution < 1.29 is 4.74 Å². The van der Waals surface area contributed by atoms with Crippen molar-refractivity contribution in [2.45, 2.75) is 46.0 Å². The van der Waals surface area contributed by atoms with Gasteiger partial charge in [-0.1, -0.05) is 26.7 Å². The predicted molar refractivity (Wildman–Crippen MR) is 115 cm³/mol. The molecule has 1 aliphatic rings. The third-order valence-corrected chi connectivity index (χ3v) is 4.83. The van der Waals surface area contributed by atoms with E-state index in [1.165, 1.54) is 25.7 Å². The molecule has 0 aliphatic heterocycles. The molecule has 1 saturated carbocycles. The Morgan fingerprint density at radius 3 is 2.33 bits per heavy atom. The summed E-state index contributed by atoms with van der Waals surface area (Å²) in [5.74, 6) is 0.917. The van der Waals surface area contributed by atoms with Crippen molar-refractivity contribution in [1.82, 2.24) is 15.5 Å². The summed E-state index contributed by atoms with van der Waals surface area (Å²) < 4.78 is 5.31. The summed E-state index contributed by atoms with van der Waals surface area (Å²) in [5.41, 5.74) is 0.592. The van der Waals surface area contributed by atoms with Crippen LogP contribution in [0.1, 0.15) is 46.0 Å². The van der Waals surface area contributed by atoms with E-state index < -0.39 is 0 Å². The highest BCUT2D eigenvalue weighted by atomic mass is 127. The zero-order valence-electron chi connectivity index (χ0n) is 16.6. The molecule has 0 aromatic heterocycles. The van der Waals surface area contributed by atoms with Gasteiger partial charge in [0.2, 0.25) is 0 Å². The fraction of sp³-hybridized carbons (Fsp3) is 0.944. The molecule has 0 spiro atoms. The summed E-state index contributed by atoms with van der Waals surface area (Å²) in [7, 11) is 7.89. The summed E-state index contributed by atoms with van der Waals surface area (Å²) in [6.45, 7) is 8.37. The minimum atomic E-state index is 0. The van der Waals surface area contributed by atoms with Crippen LogP contribution in [0.15, 0.2) is 4.99 Å². The molecule has 0 unspecified atom stereocenters. The molecule has 0 saturated heterocycles. The second-order valence-corrected chi connectivity index (χ2v) is 8.13. The maximum Gasteiger partial charge on any atom is 0.191 e. The molecule has 0 amide bonds. The van der Waals surface area contributed by atoms with Gasteiger partial charge in [0.25, 0.3) is 0 Å². The molecule has 0 aromatic carbocycles. The van der Waals surface area contributed by atoms with Crippen LogP contribution < -0.4 is 10.6 Å². The Kier molecular flexibility index (Phi) is 11.5. The second-order valence-electron chi connectivity index (χ2n) is 8.13. The number of hydrogen-bond donors (Lipinski definition) is 2. The Balaban J connectivity index is 0.00000529. The van der Waals surface area contributed by atoms with Crippen molar-refractivity contribution >= 4 is 29.9 Å². The molecule has 0 aromatic rings. The van der Waals surface area contributed by atoms with E-state index in [1.807, 2.05) is 7.05 Å². The van der Waals surface area contributed by atoms with Gasteiger partial charge in [0.1, 0.15) is 0 Å². The van der Waals surface area contributed by atoms with Gasteiger partial charge in [-0.15, -0.1) is 24.0 Å². The van der Waals surface area contributed by atoms with Crippen LogP contribution in [0.5, 0.6) is 0 Å². The predicted octanol–water partition coefficient (Wildman–Crippen LogP) is 2.95. The van der Waals surface area contributed by atoms with Crippen LogP contribution in [0.3, 0.4) is 0 Å². The number of methoxy groups -OCH3 is 1. The highest BCUT2D eigenvalue weighted by molar-refractivity contribution is 14.0.